The first-order chi connectivity index (χ1) is 14.4. The third kappa shape index (κ3) is 5.95. The maximum Gasteiger partial charge on any atom is 0.344 e. The van der Waals surface area contributed by atoms with E-state index in [1.807, 2.05) is 6.92 Å². The van der Waals surface area contributed by atoms with Crippen LogP contribution < -0.4 is 15.7 Å². The molecule has 0 aliphatic heterocycles. The Kier molecular flexibility index (Phi) is 7.27. The molecule has 1 aromatic heterocycles. The van der Waals surface area contributed by atoms with Gasteiger partial charge in [0.1, 0.15) is 11.3 Å². The van der Waals surface area contributed by atoms with Crippen LogP contribution in [0.25, 0.3) is 11.0 Å². The fraction of sp³-hybridized carbons (Fsp3) is 0.435. The number of allylic oxidation sites excluding steroid dienone is 1. The van der Waals surface area contributed by atoms with Crippen LogP contribution in [0.1, 0.15) is 44.6 Å². The Morgan fingerprint density at radius 2 is 2.07 bits per heavy atom. The van der Waals surface area contributed by atoms with E-state index in [1.54, 1.807) is 18.2 Å². The first-order valence-corrected chi connectivity index (χ1v) is 10.2. The average molecular weight is 413 g/mol. The number of hydrogen-bond acceptors (Lipinski definition) is 6. The third-order valence-corrected chi connectivity index (χ3v) is 5.09. The minimum absolute atomic E-state index is 0.331. The summed E-state index contributed by atoms with van der Waals surface area (Å²) in [6.07, 6.45) is 6.81. The molecule has 0 spiro atoms. The van der Waals surface area contributed by atoms with Crippen molar-refractivity contribution in [2.75, 3.05) is 13.2 Å². The quantitative estimate of drug-likeness (QED) is 0.405. The molecule has 1 aliphatic carbocycles. The molecule has 1 atom stereocenters. The number of esters is 1. The van der Waals surface area contributed by atoms with Gasteiger partial charge in [0.25, 0.3) is 5.91 Å². The second-order valence-corrected chi connectivity index (χ2v) is 7.48. The van der Waals surface area contributed by atoms with Crippen molar-refractivity contribution >= 4 is 22.8 Å². The van der Waals surface area contributed by atoms with Gasteiger partial charge < -0.3 is 19.2 Å². The van der Waals surface area contributed by atoms with E-state index in [1.165, 1.54) is 31.4 Å². The zero-order valence-corrected chi connectivity index (χ0v) is 17.4. The van der Waals surface area contributed by atoms with E-state index in [9.17, 15) is 14.4 Å². The SMILES string of the molecule is Cc1cc(=O)oc2cc(OCC(=O)O[C@@H](C)C(=O)NCCC3=CCCCC3)ccc12. The first kappa shape index (κ1) is 21.6. The van der Waals surface area contributed by atoms with Crippen LogP contribution in [-0.2, 0) is 14.3 Å². The highest BCUT2D eigenvalue weighted by Gasteiger charge is 2.18. The van der Waals surface area contributed by atoms with Gasteiger partial charge in [-0.05, 0) is 63.6 Å². The lowest BCUT2D eigenvalue weighted by Gasteiger charge is -2.16. The monoisotopic (exact) mass is 413 g/mol. The van der Waals surface area contributed by atoms with Gasteiger partial charge in [0.15, 0.2) is 12.7 Å². The summed E-state index contributed by atoms with van der Waals surface area (Å²) in [4.78, 5) is 35.6. The van der Waals surface area contributed by atoms with Gasteiger partial charge in [0, 0.05) is 24.1 Å². The van der Waals surface area contributed by atoms with Crippen LogP contribution >= 0.6 is 0 Å². The molecule has 0 saturated heterocycles. The van der Waals surface area contributed by atoms with Gasteiger partial charge in [-0.3, -0.25) is 4.79 Å². The molecule has 1 N–H and O–H groups in total. The maximum absolute atomic E-state index is 12.1. The van der Waals surface area contributed by atoms with E-state index in [0.29, 0.717) is 17.9 Å². The van der Waals surface area contributed by atoms with Gasteiger partial charge in [-0.2, -0.15) is 0 Å². The summed E-state index contributed by atoms with van der Waals surface area (Å²) in [7, 11) is 0. The summed E-state index contributed by atoms with van der Waals surface area (Å²) >= 11 is 0. The maximum atomic E-state index is 12.1. The topological polar surface area (TPSA) is 94.8 Å². The molecular formula is C23H27NO6. The number of aryl methyl sites for hydroxylation is 1. The van der Waals surface area contributed by atoms with E-state index < -0.39 is 17.7 Å². The molecule has 7 heteroatoms. The summed E-state index contributed by atoms with van der Waals surface area (Å²) in [6, 6.07) is 6.40. The highest BCUT2D eigenvalue weighted by atomic mass is 16.6. The van der Waals surface area contributed by atoms with E-state index in [-0.39, 0.29) is 12.5 Å². The number of hydrogen-bond donors (Lipinski definition) is 1. The lowest BCUT2D eigenvalue weighted by atomic mass is 9.97. The van der Waals surface area contributed by atoms with Crippen LogP contribution in [0.15, 0.2) is 45.1 Å². The summed E-state index contributed by atoms with van der Waals surface area (Å²) in [6.45, 7) is 3.52. The molecule has 1 aromatic carbocycles. The van der Waals surface area contributed by atoms with Gasteiger partial charge in [0.2, 0.25) is 0 Å². The van der Waals surface area contributed by atoms with E-state index in [2.05, 4.69) is 11.4 Å². The van der Waals surface area contributed by atoms with Gasteiger partial charge in [-0.15, -0.1) is 0 Å². The van der Waals surface area contributed by atoms with Crippen LogP contribution in [0.2, 0.25) is 0 Å². The Morgan fingerprint density at radius 3 is 2.83 bits per heavy atom. The minimum Gasteiger partial charge on any atom is -0.482 e. The molecule has 2 aromatic rings. The fourth-order valence-corrected chi connectivity index (χ4v) is 3.44. The fourth-order valence-electron chi connectivity index (χ4n) is 3.44. The second kappa shape index (κ2) is 10.1. The van der Waals surface area contributed by atoms with Crippen LogP contribution in [0.5, 0.6) is 5.75 Å². The molecule has 0 saturated carbocycles. The van der Waals surface area contributed by atoms with E-state index in [4.69, 9.17) is 13.9 Å². The molecule has 1 amide bonds. The van der Waals surface area contributed by atoms with Crippen molar-refractivity contribution < 1.29 is 23.5 Å². The molecule has 1 aliphatic rings. The summed E-state index contributed by atoms with van der Waals surface area (Å²) in [5, 5.41) is 3.59. The largest absolute Gasteiger partial charge is 0.482 e. The Labute approximate surface area is 175 Å². The van der Waals surface area contributed by atoms with Crippen molar-refractivity contribution in [1.29, 1.82) is 0 Å². The van der Waals surface area contributed by atoms with Crippen molar-refractivity contribution in [3.63, 3.8) is 0 Å². The lowest BCUT2D eigenvalue weighted by Crippen LogP contribution is -2.37. The molecule has 0 fully saturated rings. The third-order valence-electron chi connectivity index (χ3n) is 5.09. The van der Waals surface area contributed by atoms with Crippen molar-refractivity contribution in [1.82, 2.24) is 5.32 Å². The van der Waals surface area contributed by atoms with E-state index in [0.717, 1.165) is 30.2 Å². The lowest BCUT2D eigenvalue weighted by molar-refractivity contribution is -0.156. The van der Waals surface area contributed by atoms with Crippen LogP contribution in [0, 0.1) is 6.92 Å². The van der Waals surface area contributed by atoms with Crippen LogP contribution in [0.4, 0.5) is 0 Å². The van der Waals surface area contributed by atoms with Gasteiger partial charge in [0.05, 0.1) is 0 Å². The summed E-state index contributed by atoms with van der Waals surface area (Å²) < 4.78 is 15.7. The molecule has 0 radical (unpaired) electrons. The molecule has 160 valence electrons. The summed E-state index contributed by atoms with van der Waals surface area (Å²) in [5.74, 6) is -0.618. The van der Waals surface area contributed by atoms with Crippen LogP contribution in [-0.4, -0.2) is 31.1 Å². The van der Waals surface area contributed by atoms with Gasteiger partial charge in [-0.1, -0.05) is 11.6 Å². The molecular weight excluding hydrogens is 386 g/mol. The van der Waals surface area contributed by atoms with Crippen molar-refractivity contribution in [3.8, 4) is 5.75 Å². The number of carbonyl (C=O) groups excluding carboxylic acids is 2. The summed E-state index contributed by atoms with van der Waals surface area (Å²) in [5.41, 5.74) is 2.11. The Morgan fingerprint density at radius 1 is 1.23 bits per heavy atom. The Bertz CT molecular complexity index is 1010. The number of amides is 1. The normalized spacial score (nSPS) is 14.7. The number of benzene rings is 1. The minimum atomic E-state index is -0.904. The van der Waals surface area contributed by atoms with Gasteiger partial charge in [-0.25, -0.2) is 9.59 Å². The molecule has 0 bridgehead atoms. The molecule has 30 heavy (non-hydrogen) atoms. The van der Waals surface area contributed by atoms with Gasteiger partial charge >= 0.3 is 11.6 Å². The predicted molar refractivity (Wildman–Crippen MR) is 112 cm³/mol. The Hall–Kier alpha value is -3.09. The number of rotatable bonds is 8. The van der Waals surface area contributed by atoms with E-state index >= 15 is 0 Å². The first-order valence-electron chi connectivity index (χ1n) is 10.2. The molecule has 3 rings (SSSR count). The second-order valence-electron chi connectivity index (χ2n) is 7.48. The van der Waals surface area contributed by atoms with Crippen LogP contribution in [0.3, 0.4) is 0 Å². The standard InChI is InChI=1S/C23H27NO6/c1-15-12-21(25)30-20-13-18(8-9-19(15)20)28-14-22(26)29-16(2)23(27)24-11-10-17-6-4-3-5-7-17/h6,8-9,12-13,16H,3-5,7,10-11,14H2,1-2H3,(H,24,27)/t16-/m0/s1. The van der Waals surface area contributed by atoms with Crippen molar-refractivity contribution in [3.05, 3.63) is 51.9 Å². The molecule has 7 nitrogen and oxygen atoms in total. The van der Waals surface area contributed by atoms with Crippen molar-refractivity contribution in [2.45, 2.75) is 52.1 Å². The number of carbonyl (C=O) groups is 2. The number of nitrogens with one attached hydrogen (secondary N) is 1. The molecule has 0 unspecified atom stereocenters. The number of ether oxygens (including phenoxy) is 2. The highest BCUT2D eigenvalue weighted by molar-refractivity contribution is 5.84. The zero-order chi connectivity index (χ0) is 21.5. The van der Waals surface area contributed by atoms with Crippen molar-refractivity contribution in [2.24, 2.45) is 0 Å². The smallest absolute Gasteiger partial charge is 0.344 e. The average Bonchev–Trinajstić information content (AvgIpc) is 2.72. The highest BCUT2D eigenvalue weighted by Crippen LogP contribution is 2.22. The number of fused-ring (bicyclic) bond motifs is 1. The predicted octanol–water partition coefficient (Wildman–Crippen LogP) is 3.42. The Balaban J connectivity index is 1.44. The zero-order valence-electron chi connectivity index (χ0n) is 17.4. The molecule has 1 heterocycles.